The van der Waals surface area contributed by atoms with Crippen molar-refractivity contribution in [3.63, 3.8) is 0 Å². The number of benzene rings is 2. The summed E-state index contributed by atoms with van der Waals surface area (Å²) in [5, 5.41) is 3.96. The quantitative estimate of drug-likeness (QED) is 0.682. The van der Waals surface area contributed by atoms with E-state index in [1.54, 1.807) is 44.6 Å². The molecule has 2 rings (SSSR count). The number of rotatable bonds is 5. The first kappa shape index (κ1) is 15.6. The van der Waals surface area contributed by atoms with Crippen molar-refractivity contribution in [3.8, 4) is 11.5 Å². The van der Waals surface area contributed by atoms with Crippen molar-refractivity contribution in [1.29, 1.82) is 0 Å². The van der Waals surface area contributed by atoms with E-state index in [1.807, 2.05) is 19.1 Å². The van der Waals surface area contributed by atoms with Crippen LogP contribution in [0.4, 0.5) is 0 Å². The summed E-state index contributed by atoms with van der Waals surface area (Å²) in [6.45, 7) is 1.97. The number of hydrazone groups is 1. The van der Waals surface area contributed by atoms with Crippen LogP contribution in [0.1, 0.15) is 21.5 Å². The molecule has 0 heterocycles. The van der Waals surface area contributed by atoms with Crippen LogP contribution in [0.25, 0.3) is 0 Å². The first-order valence-electron chi connectivity index (χ1n) is 6.75. The van der Waals surface area contributed by atoms with Gasteiger partial charge in [-0.1, -0.05) is 17.7 Å². The Bertz CT molecular complexity index is 657. The molecule has 0 aliphatic heterocycles. The Morgan fingerprint density at radius 3 is 2.18 bits per heavy atom. The smallest absolute Gasteiger partial charge is 0.271 e. The average Bonchev–Trinajstić information content (AvgIpc) is 2.55. The molecule has 0 atom stereocenters. The Morgan fingerprint density at radius 2 is 1.64 bits per heavy atom. The van der Waals surface area contributed by atoms with E-state index in [4.69, 9.17) is 9.47 Å². The Morgan fingerprint density at radius 1 is 1.05 bits per heavy atom. The molecule has 0 saturated carbocycles. The summed E-state index contributed by atoms with van der Waals surface area (Å²) in [4.78, 5) is 11.9. The third-order valence-corrected chi connectivity index (χ3v) is 3.07. The summed E-state index contributed by atoms with van der Waals surface area (Å²) in [7, 11) is 3.16. The molecule has 1 N–H and O–H groups in total. The minimum atomic E-state index is -0.258. The Hall–Kier alpha value is -2.82. The van der Waals surface area contributed by atoms with Crippen LogP contribution in [0, 0.1) is 6.92 Å². The normalized spacial score (nSPS) is 10.5. The molecule has 0 bridgehead atoms. The highest BCUT2D eigenvalue weighted by molar-refractivity contribution is 5.94. The lowest BCUT2D eigenvalue weighted by Gasteiger charge is -2.05. The van der Waals surface area contributed by atoms with Gasteiger partial charge in [0.05, 0.1) is 20.4 Å². The lowest BCUT2D eigenvalue weighted by Crippen LogP contribution is -2.17. The first-order valence-corrected chi connectivity index (χ1v) is 6.75. The van der Waals surface area contributed by atoms with Crippen LogP contribution in [0.2, 0.25) is 0 Å². The highest BCUT2D eigenvalue weighted by Crippen LogP contribution is 2.21. The number of nitrogens with zero attached hydrogens (tertiary/aromatic N) is 1. The molecule has 0 aliphatic rings. The number of carbonyl (C=O) groups excluding carboxylic acids is 1. The predicted octanol–water partition coefficient (Wildman–Crippen LogP) is 2.78. The zero-order chi connectivity index (χ0) is 15.9. The van der Waals surface area contributed by atoms with Crippen molar-refractivity contribution in [2.45, 2.75) is 6.92 Å². The van der Waals surface area contributed by atoms with Gasteiger partial charge in [-0.25, -0.2) is 5.43 Å². The molecule has 0 aromatic heterocycles. The standard InChI is InChI=1S/C17H18N2O3/c1-12-4-6-14(7-5-12)17(20)19-18-11-13-8-15(21-2)10-16(9-13)22-3/h4-11H,1-3H3,(H,19,20)/b18-11-. The minimum absolute atomic E-state index is 0.258. The molecule has 0 fully saturated rings. The predicted molar refractivity (Wildman–Crippen MR) is 85.8 cm³/mol. The summed E-state index contributed by atoms with van der Waals surface area (Å²) in [6, 6.07) is 12.6. The van der Waals surface area contributed by atoms with E-state index in [1.165, 1.54) is 6.21 Å². The van der Waals surface area contributed by atoms with E-state index in [0.29, 0.717) is 17.1 Å². The number of methoxy groups -OCH3 is 2. The molecule has 0 radical (unpaired) electrons. The van der Waals surface area contributed by atoms with Gasteiger partial charge in [0.15, 0.2) is 0 Å². The van der Waals surface area contributed by atoms with Gasteiger partial charge in [0.1, 0.15) is 11.5 Å². The van der Waals surface area contributed by atoms with Gasteiger partial charge in [0, 0.05) is 17.2 Å². The van der Waals surface area contributed by atoms with Crippen LogP contribution in [-0.4, -0.2) is 26.3 Å². The number of carbonyl (C=O) groups is 1. The number of nitrogens with one attached hydrogen (secondary N) is 1. The molecule has 5 nitrogen and oxygen atoms in total. The van der Waals surface area contributed by atoms with Gasteiger partial charge in [-0.3, -0.25) is 4.79 Å². The summed E-state index contributed by atoms with van der Waals surface area (Å²) in [5.74, 6) is 1.06. The largest absolute Gasteiger partial charge is 0.497 e. The van der Waals surface area contributed by atoms with Gasteiger partial charge in [0.25, 0.3) is 5.91 Å². The Balaban J connectivity index is 2.05. The van der Waals surface area contributed by atoms with Crippen LogP contribution in [-0.2, 0) is 0 Å². The number of amides is 1. The molecule has 2 aromatic rings. The van der Waals surface area contributed by atoms with Crippen LogP contribution < -0.4 is 14.9 Å². The average molecular weight is 298 g/mol. The SMILES string of the molecule is COc1cc(/C=N\NC(=O)c2ccc(C)cc2)cc(OC)c1. The topological polar surface area (TPSA) is 59.9 Å². The van der Waals surface area contributed by atoms with Gasteiger partial charge in [-0.2, -0.15) is 5.10 Å². The maximum Gasteiger partial charge on any atom is 0.271 e. The monoisotopic (exact) mass is 298 g/mol. The first-order chi connectivity index (χ1) is 10.6. The van der Waals surface area contributed by atoms with E-state index < -0.39 is 0 Å². The number of hydrogen-bond donors (Lipinski definition) is 1. The fourth-order valence-corrected chi connectivity index (χ4v) is 1.84. The van der Waals surface area contributed by atoms with Crippen molar-refractivity contribution in [2.75, 3.05) is 14.2 Å². The van der Waals surface area contributed by atoms with Crippen LogP contribution >= 0.6 is 0 Å². The number of ether oxygens (including phenoxy) is 2. The molecule has 5 heteroatoms. The summed E-state index contributed by atoms with van der Waals surface area (Å²) in [6.07, 6.45) is 1.54. The Kier molecular flexibility index (Phi) is 5.14. The molecule has 0 aliphatic carbocycles. The van der Waals surface area contributed by atoms with E-state index >= 15 is 0 Å². The second-order valence-electron chi connectivity index (χ2n) is 4.71. The summed E-state index contributed by atoms with van der Waals surface area (Å²) >= 11 is 0. The second kappa shape index (κ2) is 7.26. The van der Waals surface area contributed by atoms with E-state index in [2.05, 4.69) is 10.5 Å². The molecule has 114 valence electrons. The third kappa shape index (κ3) is 4.09. The van der Waals surface area contributed by atoms with E-state index in [-0.39, 0.29) is 5.91 Å². The van der Waals surface area contributed by atoms with Gasteiger partial charge in [-0.05, 0) is 31.2 Å². The van der Waals surface area contributed by atoms with E-state index in [0.717, 1.165) is 11.1 Å². The zero-order valence-electron chi connectivity index (χ0n) is 12.8. The number of hydrogen-bond acceptors (Lipinski definition) is 4. The number of aryl methyl sites for hydroxylation is 1. The lowest BCUT2D eigenvalue weighted by molar-refractivity contribution is 0.0955. The third-order valence-electron chi connectivity index (χ3n) is 3.07. The van der Waals surface area contributed by atoms with Gasteiger partial charge in [-0.15, -0.1) is 0 Å². The highest BCUT2D eigenvalue weighted by Gasteiger charge is 2.03. The summed E-state index contributed by atoms with van der Waals surface area (Å²) < 4.78 is 10.4. The summed E-state index contributed by atoms with van der Waals surface area (Å²) in [5.41, 5.74) is 4.92. The molecule has 0 saturated heterocycles. The maximum absolute atomic E-state index is 11.9. The van der Waals surface area contributed by atoms with Crippen LogP contribution in [0.3, 0.4) is 0 Å². The van der Waals surface area contributed by atoms with Crippen molar-refractivity contribution < 1.29 is 14.3 Å². The second-order valence-corrected chi connectivity index (χ2v) is 4.71. The van der Waals surface area contributed by atoms with Crippen molar-refractivity contribution >= 4 is 12.1 Å². The molecule has 1 amide bonds. The molecule has 0 unspecified atom stereocenters. The minimum Gasteiger partial charge on any atom is -0.497 e. The fraction of sp³-hybridized carbons (Fsp3) is 0.176. The van der Waals surface area contributed by atoms with Crippen molar-refractivity contribution in [1.82, 2.24) is 5.43 Å². The van der Waals surface area contributed by atoms with Gasteiger partial charge in [0.2, 0.25) is 0 Å². The lowest BCUT2D eigenvalue weighted by atomic mass is 10.1. The molecule has 2 aromatic carbocycles. The van der Waals surface area contributed by atoms with Gasteiger partial charge >= 0.3 is 0 Å². The molecule has 22 heavy (non-hydrogen) atoms. The fourth-order valence-electron chi connectivity index (χ4n) is 1.84. The maximum atomic E-state index is 11.9. The van der Waals surface area contributed by atoms with Crippen molar-refractivity contribution in [2.24, 2.45) is 5.10 Å². The highest BCUT2D eigenvalue weighted by atomic mass is 16.5. The van der Waals surface area contributed by atoms with Gasteiger partial charge < -0.3 is 9.47 Å². The zero-order valence-corrected chi connectivity index (χ0v) is 12.8. The molecule has 0 spiro atoms. The van der Waals surface area contributed by atoms with Crippen LogP contribution in [0.5, 0.6) is 11.5 Å². The molecular weight excluding hydrogens is 280 g/mol. The van der Waals surface area contributed by atoms with E-state index in [9.17, 15) is 4.79 Å². The molecular formula is C17H18N2O3. The Labute approximate surface area is 129 Å². The van der Waals surface area contributed by atoms with Crippen molar-refractivity contribution in [3.05, 3.63) is 59.2 Å². The van der Waals surface area contributed by atoms with Crippen LogP contribution in [0.15, 0.2) is 47.6 Å².